The molecule has 0 radical (unpaired) electrons. The van der Waals surface area contributed by atoms with Gasteiger partial charge in [-0.25, -0.2) is 4.39 Å². The Morgan fingerprint density at radius 2 is 2.05 bits per heavy atom. The Kier molecular flexibility index (Phi) is 6.19. The van der Waals surface area contributed by atoms with Crippen molar-refractivity contribution >= 4 is 41.2 Å². The minimum absolute atomic E-state index is 0.0123. The zero-order chi connectivity index (χ0) is 16.2. The summed E-state index contributed by atoms with van der Waals surface area (Å²) in [4.78, 5) is 15.7. The highest BCUT2D eigenvalue weighted by Crippen LogP contribution is 2.15. The summed E-state index contributed by atoms with van der Waals surface area (Å²) < 4.78 is 13.9. The standard InChI is InChI=1S/C14H18FN3OP2/c1-3-7(2)4-11(21)13(17)18-14(19)9-5-8(16)6-10(20)12(9)15/h3-6H,16,20-21H2,1-2H3,(H2,17,18,19)/b7-3-,11-4+. The minimum Gasteiger partial charge on any atom is -0.399 e. The molecule has 1 aromatic rings. The lowest BCUT2D eigenvalue weighted by atomic mass is 10.1. The molecule has 2 atom stereocenters. The van der Waals surface area contributed by atoms with Gasteiger partial charge in [0.1, 0.15) is 11.7 Å². The SMILES string of the molecule is C/C=C(C)\C=C(\P)C(N)=NC(=O)c1cc(N)cc(P)c1F. The molecule has 1 amide bonds. The zero-order valence-electron chi connectivity index (χ0n) is 11.9. The van der Waals surface area contributed by atoms with Crippen LogP contribution in [0.25, 0.3) is 0 Å². The largest absolute Gasteiger partial charge is 0.399 e. The molecule has 0 saturated carbocycles. The molecule has 4 nitrogen and oxygen atoms in total. The van der Waals surface area contributed by atoms with Gasteiger partial charge in [0, 0.05) is 16.3 Å². The van der Waals surface area contributed by atoms with Gasteiger partial charge in [-0.05, 0) is 32.1 Å². The van der Waals surface area contributed by atoms with Crippen LogP contribution < -0.4 is 16.8 Å². The average Bonchev–Trinajstić information content (AvgIpc) is 2.42. The molecule has 4 N–H and O–H groups in total. The van der Waals surface area contributed by atoms with E-state index < -0.39 is 11.7 Å². The third-order valence-electron chi connectivity index (χ3n) is 2.71. The molecule has 2 unspecified atom stereocenters. The lowest BCUT2D eigenvalue weighted by Crippen LogP contribution is -2.17. The van der Waals surface area contributed by atoms with Gasteiger partial charge in [0.05, 0.1) is 5.56 Å². The van der Waals surface area contributed by atoms with Crippen molar-refractivity contribution in [1.29, 1.82) is 0 Å². The number of carbonyl (C=O) groups is 1. The first-order chi connectivity index (χ1) is 9.76. The third kappa shape index (κ3) is 4.73. The number of nitrogens with two attached hydrogens (primary N) is 2. The number of anilines is 1. The summed E-state index contributed by atoms with van der Waals surface area (Å²) in [5.41, 5.74) is 12.4. The van der Waals surface area contributed by atoms with Gasteiger partial charge in [-0.3, -0.25) is 4.79 Å². The van der Waals surface area contributed by atoms with Crippen LogP contribution in [0.4, 0.5) is 10.1 Å². The van der Waals surface area contributed by atoms with E-state index in [4.69, 9.17) is 11.5 Å². The molecular weight excluding hydrogens is 307 g/mol. The van der Waals surface area contributed by atoms with Crippen molar-refractivity contribution in [2.24, 2.45) is 10.7 Å². The van der Waals surface area contributed by atoms with Crippen molar-refractivity contribution in [1.82, 2.24) is 0 Å². The van der Waals surface area contributed by atoms with Gasteiger partial charge < -0.3 is 11.5 Å². The summed E-state index contributed by atoms with van der Waals surface area (Å²) in [6.07, 6.45) is 3.64. The van der Waals surface area contributed by atoms with Crippen molar-refractivity contribution in [3.8, 4) is 0 Å². The van der Waals surface area contributed by atoms with Crippen LogP contribution in [0.2, 0.25) is 0 Å². The second-order valence-corrected chi connectivity index (χ2v) is 5.65. The summed E-state index contributed by atoms with van der Waals surface area (Å²) in [7, 11) is 4.58. The summed E-state index contributed by atoms with van der Waals surface area (Å²) in [5, 5.41) is 0.757. The molecular formula is C14H18FN3OP2. The number of allylic oxidation sites excluding steroid dienone is 3. The van der Waals surface area contributed by atoms with E-state index in [0.29, 0.717) is 5.31 Å². The second-order valence-electron chi connectivity index (χ2n) is 4.41. The fourth-order valence-electron chi connectivity index (χ4n) is 1.46. The van der Waals surface area contributed by atoms with E-state index in [1.165, 1.54) is 12.1 Å². The number of benzene rings is 1. The van der Waals surface area contributed by atoms with Crippen LogP contribution in [0.1, 0.15) is 24.2 Å². The second kappa shape index (κ2) is 7.44. The lowest BCUT2D eigenvalue weighted by Gasteiger charge is -2.05. The van der Waals surface area contributed by atoms with E-state index in [9.17, 15) is 9.18 Å². The predicted octanol–water partition coefficient (Wildman–Crippen LogP) is 2.13. The maximum Gasteiger partial charge on any atom is 0.282 e. The Morgan fingerprint density at radius 1 is 1.43 bits per heavy atom. The Labute approximate surface area is 128 Å². The molecule has 1 rings (SSSR count). The molecule has 0 fully saturated rings. The number of rotatable bonds is 3. The number of nitrogen functional groups attached to an aromatic ring is 1. The van der Waals surface area contributed by atoms with Crippen LogP contribution in [0.5, 0.6) is 0 Å². The first-order valence-corrected chi connectivity index (χ1v) is 7.25. The van der Waals surface area contributed by atoms with Crippen LogP contribution in [0, 0.1) is 5.82 Å². The molecule has 21 heavy (non-hydrogen) atoms. The van der Waals surface area contributed by atoms with Crippen LogP contribution in [-0.4, -0.2) is 11.7 Å². The molecule has 0 saturated heterocycles. The highest BCUT2D eigenvalue weighted by atomic mass is 31.0. The van der Waals surface area contributed by atoms with Gasteiger partial charge in [-0.1, -0.05) is 11.6 Å². The molecule has 0 bridgehead atoms. The average molecular weight is 325 g/mol. The fraction of sp³-hybridized carbons (Fsp3) is 0.143. The first kappa shape index (κ1) is 17.5. The van der Waals surface area contributed by atoms with Crippen molar-refractivity contribution in [2.45, 2.75) is 13.8 Å². The quantitative estimate of drug-likeness (QED) is 0.294. The summed E-state index contributed by atoms with van der Waals surface area (Å²) in [5.74, 6) is -1.43. The number of amides is 1. The Morgan fingerprint density at radius 3 is 2.62 bits per heavy atom. The predicted molar refractivity (Wildman–Crippen MR) is 93.3 cm³/mol. The van der Waals surface area contributed by atoms with Crippen molar-refractivity contribution < 1.29 is 9.18 Å². The van der Waals surface area contributed by atoms with Gasteiger partial charge in [-0.15, -0.1) is 18.5 Å². The molecule has 112 valence electrons. The van der Waals surface area contributed by atoms with Gasteiger partial charge in [0.2, 0.25) is 0 Å². The maximum atomic E-state index is 13.9. The van der Waals surface area contributed by atoms with Crippen LogP contribution >= 0.6 is 18.5 Å². The van der Waals surface area contributed by atoms with Crippen molar-refractivity contribution in [3.05, 3.63) is 46.6 Å². The maximum absolute atomic E-state index is 13.9. The van der Waals surface area contributed by atoms with E-state index in [-0.39, 0.29) is 22.4 Å². The number of halogens is 1. The summed E-state index contributed by atoms with van der Waals surface area (Å²) >= 11 is 0. The highest BCUT2D eigenvalue weighted by molar-refractivity contribution is 7.27. The van der Waals surface area contributed by atoms with Gasteiger partial charge in [0.15, 0.2) is 0 Å². The molecule has 7 heteroatoms. The zero-order valence-corrected chi connectivity index (χ0v) is 14.2. The summed E-state index contributed by atoms with van der Waals surface area (Å²) in [6.45, 7) is 3.77. The minimum atomic E-state index is -0.771. The smallest absolute Gasteiger partial charge is 0.282 e. The molecule has 0 aliphatic rings. The van der Waals surface area contributed by atoms with Gasteiger partial charge in [0.25, 0.3) is 5.91 Å². The Balaban J connectivity index is 3.16. The Hall–Kier alpha value is -1.57. The van der Waals surface area contributed by atoms with Gasteiger partial charge in [-0.2, -0.15) is 4.99 Å². The van der Waals surface area contributed by atoms with E-state index in [1.807, 2.05) is 19.9 Å². The number of nitrogens with zero attached hydrogens (tertiary/aromatic N) is 1. The van der Waals surface area contributed by atoms with Crippen molar-refractivity contribution in [2.75, 3.05) is 5.73 Å². The van der Waals surface area contributed by atoms with E-state index in [2.05, 4.69) is 23.5 Å². The number of hydrogen-bond donors (Lipinski definition) is 2. The third-order valence-corrected chi connectivity index (χ3v) is 3.59. The molecule has 0 heterocycles. The number of carbonyl (C=O) groups excluding carboxylic acids is 1. The number of amidine groups is 1. The van der Waals surface area contributed by atoms with Crippen molar-refractivity contribution in [3.63, 3.8) is 0 Å². The fourth-order valence-corrected chi connectivity index (χ4v) is 2.14. The van der Waals surface area contributed by atoms with E-state index in [1.54, 1.807) is 6.08 Å². The lowest BCUT2D eigenvalue weighted by molar-refractivity contribution is 0.0999. The number of hydrogen-bond acceptors (Lipinski definition) is 2. The van der Waals surface area contributed by atoms with Crippen LogP contribution in [0.3, 0.4) is 0 Å². The van der Waals surface area contributed by atoms with E-state index >= 15 is 0 Å². The summed E-state index contributed by atoms with van der Waals surface area (Å²) in [6, 6.07) is 2.66. The molecule has 1 aromatic carbocycles. The molecule has 0 aromatic heterocycles. The van der Waals surface area contributed by atoms with Gasteiger partial charge >= 0.3 is 0 Å². The number of aliphatic imine (C=N–C) groups is 1. The van der Waals surface area contributed by atoms with Crippen LogP contribution in [-0.2, 0) is 0 Å². The monoisotopic (exact) mass is 325 g/mol. The topological polar surface area (TPSA) is 81.5 Å². The first-order valence-electron chi connectivity index (χ1n) is 6.09. The molecule has 0 aliphatic heterocycles. The molecule has 0 aliphatic carbocycles. The normalized spacial score (nSPS) is 13.5. The molecule has 0 spiro atoms. The van der Waals surface area contributed by atoms with Crippen LogP contribution in [0.15, 0.2) is 40.2 Å². The van der Waals surface area contributed by atoms with E-state index in [0.717, 1.165) is 5.57 Å². The Bertz CT molecular complexity index is 666. The highest BCUT2D eigenvalue weighted by Gasteiger charge is 2.15.